The molecule has 12 heteroatoms. The number of carbonyl (C=O) groups excluding carboxylic acids is 1. The van der Waals surface area contributed by atoms with E-state index in [2.05, 4.69) is 25.1 Å². The number of nitrogens with one attached hydrogen (secondary N) is 1. The van der Waals surface area contributed by atoms with Crippen LogP contribution in [0, 0.1) is 13.5 Å². The highest BCUT2D eigenvalue weighted by molar-refractivity contribution is 7.22. The minimum Gasteiger partial charge on any atom is -0.484 e. The number of aryl methyl sites for hydroxylation is 1. The molecule has 3 aromatic heterocycles. The second-order valence-corrected chi connectivity index (χ2v) is 9.62. The van der Waals surface area contributed by atoms with Crippen LogP contribution < -0.4 is 19.5 Å². The number of ether oxygens (including phenoxy) is 4. The standard InChI is InChI=1S/C27H20N6O5S/c1-14-7-20-24(36-12-17(38-20)13-37-27(34)31-15-5-4-6-29-10-15)25-22(14)33-26(39-25)18-8-16(28-2)9-19-23(18)30-11-21(32-19)35-3/h4-11,17H,12-13H2,1,3H3,(H,31,34)/t17-/m1/s1. The van der Waals surface area contributed by atoms with Crippen molar-refractivity contribution in [3.8, 4) is 28.0 Å². The maximum Gasteiger partial charge on any atom is 0.411 e. The summed E-state index contributed by atoms with van der Waals surface area (Å²) in [6, 6.07) is 8.73. The molecule has 1 amide bonds. The number of carbonyl (C=O) groups is 1. The molecule has 1 aliphatic heterocycles. The molecule has 194 valence electrons. The lowest BCUT2D eigenvalue weighted by Gasteiger charge is -2.26. The summed E-state index contributed by atoms with van der Waals surface area (Å²) in [7, 11) is 1.52. The van der Waals surface area contributed by atoms with E-state index in [4.69, 9.17) is 30.5 Å². The summed E-state index contributed by atoms with van der Waals surface area (Å²) in [5, 5.41) is 3.30. The SMILES string of the molecule is [C-]#[N+]c1cc(-c2nc3c(C)cc4c(c3s2)OC[C@H](COC(=O)Nc2cccnc2)O4)c2ncc(OC)nc2c1. The van der Waals surface area contributed by atoms with Crippen molar-refractivity contribution >= 4 is 50.1 Å². The second-order valence-electron chi connectivity index (χ2n) is 8.62. The lowest BCUT2D eigenvalue weighted by Crippen LogP contribution is -2.35. The monoisotopic (exact) mass is 540 g/mol. The Morgan fingerprint density at radius 2 is 2.15 bits per heavy atom. The molecular weight excluding hydrogens is 520 g/mol. The van der Waals surface area contributed by atoms with Crippen molar-refractivity contribution in [1.29, 1.82) is 0 Å². The van der Waals surface area contributed by atoms with Crippen LogP contribution in [0.15, 0.2) is 48.9 Å². The molecule has 5 aromatic rings. The summed E-state index contributed by atoms with van der Waals surface area (Å²) in [5.41, 5.74) is 4.49. The summed E-state index contributed by atoms with van der Waals surface area (Å²) in [5.74, 6) is 1.49. The van der Waals surface area contributed by atoms with Gasteiger partial charge in [-0.3, -0.25) is 10.3 Å². The fourth-order valence-corrected chi connectivity index (χ4v) is 5.32. The second kappa shape index (κ2) is 10.0. The van der Waals surface area contributed by atoms with Crippen molar-refractivity contribution in [1.82, 2.24) is 19.9 Å². The van der Waals surface area contributed by atoms with Crippen molar-refractivity contribution in [3.05, 3.63) is 65.9 Å². The number of methoxy groups -OCH3 is 1. The van der Waals surface area contributed by atoms with Gasteiger partial charge in [-0.05, 0) is 42.8 Å². The molecule has 4 heterocycles. The largest absolute Gasteiger partial charge is 0.484 e. The Kier molecular flexibility index (Phi) is 6.26. The Morgan fingerprint density at radius 3 is 2.95 bits per heavy atom. The molecule has 0 aliphatic carbocycles. The molecular formula is C27H20N6O5S. The van der Waals surface area contributed by atoms with E-state index < -0.39 is 12.2 Å². The van der Waals surface area contributed by atoms with Crippen molar-refractivity contribution in [2.24, 2.45) is 0 Å². The summed E-state index contributed by atoms with van der Waals surface area (Å²) in [4.78, 5) is 33.5. The fourth-order valence-electron chi connectivity index (χ4n) is 4.17. The third kappa shape index (κ3) is 4.71. The Bertz CT molecular complexity index is 1770. The summed E-state index contributed by atoms with van der Waals surface area (Å²) in [6.45, 7) is 9.67. The van der Waals surface area contributed by atoms with Crippen molar-refractivity contribution < 1.29 is 23.7 Å². The van der Waals surface area contributed by atoms with Gasteiger partial charge in [0.25, 0.3) is 0 Å². The normalized spacial score (nSPS) is 14.1. The van der Waals surface area contributed by atoms with Crippen LogP contribution >= 0.6 is 11.3 Å². The van der Waals surface area contributed by atoms with Crippen molar-refractivity contribution in [2.75, 3.05) is 25.6 Å². The topological polar surface area (TPSA) is 122 Å². The molecule has 0 fully saturated rings. The zero-order valence-electron chi connectivity index (χ0n) is 20.8. The van der Waals surface area contributed by atoms with Crippen LogP contribution in [-0.4, -0.2) is 52.5 Å². The Labute approximate surface area is 226 Å². The van der Waals surface area contributed by atoms with Gasteiger partial charge in [0.2, 0.25) is 5.88 Å². The van der Waals surface area contributed by atoms with Gasteiger partial charge in [-0.1, -0.05) is 0 Å². The number of amides is 1. The van der Waals surface area contributed by atoms with E-state index in [1.165, 1.54) is 24.6 Å². The first-order chi connectivity index (χ1) is 19.0. The number of thiazole rings is 1. The number of pyridine rings is 1. The first-order valence-corrected chi connectivity index (χ1v) is 12.6. The molecule has 0 spiro atoms. The minimum atomic E-state index is -0.606. The van der Waals surface area contributed by atoms with Crippen molar-refractivity contribution in [2.45, 2.75) is 13.0 Å². The number of hydrogen-bond acceptors (Lipinski definition) is 10. The molecule has 1 N–H and O–H groups in total. The van der Waals surface area contributed by atoms with Gasteiger partial charge >= 0.3 is 6.09 Å². The molecule has 39 heavy (non-hydrogen) atoms. The average Bonchev–Trinajstić information content (AvgIpc) is 3.42. The van der Waals surface area contributed by atoms with Gasteiger partial charge in [0.05, 0.1) is 48.3 Å². The van der Waals surface area contributed by atoms with E-state index in [0.717, 1.165) is 15.8 Å². The van der Waals surface area contributed by atoms with Gasteiger partial charge in [0.15, 0.2) is 23.3 Å². The van der Waals surface area contributed by atoms with E-state index in [1.54, 1.807) is 36.7 Å². The first kappa shape index (κ1) is 24.3. The number of fused-ring (bicyclic) bond motifs is 4. The van der Waals surface area contributed by atoms with E-state index in [9.17, 15) is 4.79 Å². The quantitative estimate of drug-likeness (QED) is 0.286. The van der Waals surface area contributed by atoms with Crippen LogP contribution in [0.1, 0.15) is 5.56 Å². The number of anilines is 1. The molecule has 0 bridgehead atoms. The highest BCUT2D eigenvalue weighted by atomic mass is 32.1. The maximum atomic E-state index is 12.1. The van der Waals surface area contributed by atoms with Crippen LogP contribution in [0.4, 0.5) is 16.2 Å². The zero-order valence-corrected chi connectivity index (χ0v) is 21.6. The highest BCUT2D eigenvalue weighted by Gasteiger charge is 2.27. The average molecular weight is 541 g/mol. The molecule has 2 aromatic carbocycles. The van der Waals surface area contributed by atoms with Gasteiger partial charge in [-0.15, -0.1) is 11.3 Å². The van der Waals surface area contributed by atoms with Crippen LogP contribution in [0.3, 0.4) is 0 Å². The lowest BCUT2D eigenvalue weighted by atomic mass is 10.1. The molecule has 0 saturated heterocycles. The van der Waals surface area contributed by atoms with Crippen LogP contribution in [0.25, 0.3) is 36.7 Å². The first-order valence-electron chi connectivity index (χ1n) is 11.8. The highest BCUT2D eigenvalue weighted by Crippen LogP contribution is 2.46. The number of hydrogen-bond donors (Lipinski definition) is 1. The zero-order chi connectivity index (χ0) is 26.9. The number of rotatable bonds is 5. The molecule has 1 aliphatic rings. The lowest BCUT2D eigenvalue weighted by molar-refractivity contribution is 0.0383. The van der Waals surface area contributed by atoms with E-state index in [0.29, 0.717) is 50.4 Å². The van der Waals surface area contributed by atoms with Crippen molar-refractivity contribution in [3.63, 3.8) is 0 Å². The van der Waals surface area contributed by atoms with Crippen LogP contribution in [0.5, 0.6) is 17.4 Å². The summed E-state index contributed by atoms with van der Waals surface area (Å²) in [6.07, 6.45) is 3.60. The van der Waals surface area contributed by atoms with Gasteiger partial charge in [-0.25, -0.2) is 24.6 Å². The predicted molar refractivity (Wildman–Crippen MR) is 145 cm³/mol. The Hall–Kier alpha value is -5.02. The molecule has 11 nitrogen and oxygen atoms in total. The molecule has 1 atom stereocenters. The molecule has 0 radical (unpaired) electrons. The van der Waals surface area contributed by atoms with E-state index in [1.807, 2.05) is 13.0 Å². The Balaban J connectivity index is 1.28. The minimum absolute atomic E-state index is 0.00803. The summed E-state index contributed by atoms with van der Waals surface area (Å²) >= 11 is 1.42. The van der Waals surface area contributed by atoms with Crippen LogP contribution in [-0.2, 0) is 4.74 Å². The third-order valence-corrected chi connectivity index (χ3v) is 7.06. The van der Waals surface area contributed by atoms with Crippen LogP contribution in [0.2, 0.25) is 0 Å². The number of nitrogens with zero attached hydrogens (tertiary/aromatic N) is 5. The Morgan fingerprint density at radius 1 is 1.26 bits per heavy atom. The van der Waals surface area contributed by atoms with E-state index >= 15 is 0 Å². The maximum absolute atomic E-state index is 12.1. The third-order valence-electron chi connectivity index (χ3n) is 5.97. The van der Waals surface area contributed by atoms with Gasteiger partial charge in [0.1, 0.15) is 22.9 Å². The van der Waals surface area contributed by atoms with Gasteiger partial charge in [0, 0.05) is 11.8 Å². The number of aromatic nitrogens is 4. The summed E-state index contributed by atoms with van der Waals surface area (Å²) < 4.78 is 23.6. The molecule has 6 rings (SSSR count). The molecule has 0 saturated carbocycles. The fraction of sp³-hybridized carbons (Fsp3) is 0.185. The van der Waals surface area contributed by atoms with E-state index in [-0.39, 0.29) is 13.2 Å². The van der Waals surface area contributed by atoms with Gasteiger partial charge in [-0.2, -0.15) is 0 Å². The predicted octanol–water partition coefficient (Wildman–Crippen LogP) is 5.56. The smallest absolute Gasteiger partial charge is 0.411 e. The number of benzene rings is 2. The van der Waals surface area contributed by atoms with Gasteiger partial charge < -0.3 is 18.9 Å². The molecule has 0 unspecified atom stereocenters.